The van der Waals surface area contributed by atoms with Crippen molar-refractivity contribution in [2.24, 2.45) is 0 Å². The molecular formula is C14H11Cl4NO2S. The van der Waals surface area contributed by atoms with Gasteiger partial charge < -0.3 is 0 Å². The molecule has 0 aromatic heterocycles. The Morgan fingerprint density at radius 3 is 2.00 bits per heavy atom. The van der Waals surface area contributed by atoms with Crippen molar-refractivity contribution in [3.8, 4) is 0 Å². The summed E-state index contributed by atoms with van der Waals surface area (Å²) in [4.78, 5) is 0.0658. The van der Waals surface area contributed by atoms with E-state index in [2.05, 4.69) is 4.72 Å². The predicted molar refractivity (Wildman–Crippen MR) is 91.8 cm³/mol. The van der Waals surface area contributed by atoms with Crippen LogP contribution in [0.25, 0.3) is 0 Å². The van der Waals surface area contributed by atoms with E-state index in [9.17, 15) is 8.42 Å². The van der Waals surface area contributed by atoms with Crippen LogP contribution in [-0.4, -0.2) is 15.0 Å². The van der Waals surface area contributed by atoms with Crippen LogP contribution in [0, 0.1) is 0 Å². The van der Waals surface area contributed by atoms with Crippen LogP contribution in [0.15, 0.2) is 41.3 Å². The zero-order chi connectivity index (χ0) is 16.3. The van der Waals surface area contributed by atoms with E-state index in [4.69, 9.17) is 46.4 Å². The fraction of sp³-hybridized carbons (Fsp3) is 0.143. The highest BCUT2D eigenvalue weighted by Crippen LogP contribution is 2.25. The topological polar surface area (TPSA) is 46.2 Å². The molecule has 1 N–H and O–H groups in total. The molecule has 0 saturated heterocycles. The van der Waals surface area contributed by atoms with E-state index in [0.29, 0.717) is 21.5 Å². The Balaban J connectivity index is 2.03. The van der Waals surface area contributed by atoms with Crippen LogP contribution in [0.3, 0.4) is 0 Å². The minimum absolute atomic E-state index is 0.0658. The second kappa shape index (κ2) is 7.39. The summed E-state index contributed by atoms with van der Waals surface area (Å²) in [6.45, 7) is 0.223. The van der Waals surface area contributed by atoms with E-state index in [0.717, 1.165) is 5.56 Å². The van der Waals surface area contributed by atoms with Crippen LogP contribution in [0.5, 0.6) is 0 Å². The Labute approximate surface area is 149 Å². The minimum Gasteiger partial charge on any atom is -0.211 e. The number of rotatable bonds is 5. The molecule has 118 valence electrons. The molecule has 2 aromatic rings. The Morgan fingerprint density at radius 2 is 1.41 bits per heavy atom. The third-order valence-corrected chi connectivity index (χ3v) is 5.83. The summed E-state index contributed by atoms with van der Waals surface area (Å²) in [5.74, 6) is 0. The third-order valence-electron chi connectivity index (χ3n) is 2.89. The molecule has 22 heavy (non-hydrogen) atoms. The highest BCUT2D eigenvalue weighted by Gasteiger charge is 2.15. The summed E-state index contributed by atoms with van der Waals surface area (Å²) < 4.78 is 26.8. The van der Waals surface area contributed by atoms with Gasteiger partial charge in [0.15, 0.2) is 0 Å². The largest absolute Gasteiger partial charge is 0.240 e. The zero-order valence-electron chi connectivity index (χ0n) is 11.1. The fourth-order valence-electron chi connectivity index (χ4n) is 1.75. The second-order valence-corrected chi connectivity index (χ2v) is 7.87. The van der Waals surface area contributed by atoms with Crippen LogP contribution in [0.4, 0.5) is 0 Å². The first-order valence-corrected chi connectivity index (χ1v) is 9.18. The van der Waals surface area contributed by atoms with Gasteiger partial charge in [0, 0.05) is 6.54 Å². The molecule has 0 saturated carbocycles. The maximum atomic E-state index is 12.1. The summed E-state index contributed by atoms with van der Waals surface area (Å²) in [6, 6.07) is 9.32. The van der Waals surface area contributed by atoms with Gasteiger partial charge in [-0.3, -0.25) is 0 Å². The van der Waals surface area contributed by atoms with Gasteiger partial charge in [-0.15, -0.1) is 0 Å². The lowest BCUT2D eigenvalue weighted by molar-refractivity contribution is 0.581. The maximum absolute atomic E-state index is 12.1. The van der Waals surface area contributed by atoms with Crippen molar-refractivity contribution in [3.05, 3.63) is 62.1 Å². The van der Waals surface area contributed by atoms with Gasteiger partial charge in [0.1, 0.15) is 0 Å². The lowest BCUT2D eigenvalue weighted by atomic mass is 10.1. The standard InChI is InChI=1S/C14H11Cl4NO2S/c15-11-3-1-9(7-13(11)17)5-6-19-22(20,21)10-2-4-12(16)14(18)8-10/h1-4,7-8,19H,5-6H2. The Kier molecular flexibility index (Phi) is 6.00. The number of nitrogens with one attached hydrogen (secondary N) is 1. The SMILES string of the molecule is O=S(=O)(NCCc1ccc(Cl)c(Cl)c1)c1ccc(Cl)c(Cl)c1. The van der Waals surface area contributed by atoms with Crippen LogP contribution in [0.2, 0.25) is 20.1 Å². The monoisotopic (exact) mass is 397 g/mol. The van der Waals surface area contributed by atoms with Crippen LogP contribution < -0.4 is 4.72 Å². The van der Waals surface area contributed by atoms with Gasteiger partial charge in [0.25, 0.3) is 0 Å². The molecule has 0 heterocycles. The molecule has 0 spiro atoms. The molecule has 2 rings (SSSR count). The van der Waals surface area contributed by atoms with Crippen molar-refractivity contribution in [3.63, 3.8) is 0 Å². The van der Waals surface area contributed by atoms with E-state index >= 15 is 0 Å². The fourth-order valence-corrected chi connectivity index (χ4v) is 3.49. The highest BCUT2D eigenvalue weighted by atomic mass is 35.5. The van der Waals surface area contributed by atoms with Crippen LogP contribution in [-0.2, 0) is 16.4 Å². The van der Waals surface area contributed by atoms with Crippen molar-refractivity contribution in [2.75, 3.05) is 6.54 Å². The molecule has 0 aliphatic carbocycles. The highest BCUT2D eigenvalue weighted by molar-refractivity contribution is 7.89. The van der Waals surface area contributed by atoms with Crippen LogP contribution >= 0.6 is 46.4 Å². The maximum Gasteiger partial charge on any atom is 0.240 e. The summed E-state index contributed by atoms with van der Waals surface area (Å²) >= 11 is 23.3. The smallest absolute Gasteiger partial charge is 0.211 e. The second-order valence-electron chi connectivity index (χ2n) is 4.47. The summed E-state index contributed by atoms with van der Waals surface area (Å²) in [5.41, 5.74) is 0.881. The van der Waals surface area contributed by atoms with Gasteiger partial charge in [-0.2, -0.15) is 0 Å². The summed E-state index contributed by atoms with van der Waals surface area (Å²) in [6.07, 6.45) is 0.484. The molecule has 2 aromatic carbocycles. The Hall–Kier alpha value is -0.490. The van der Waals surface area contributed by atoms with Crippen molar-refractivity contribution in [1.82, 2.24) is 4.72 Å². The molecule has 0 bridgehead atoms. The summed E-state index contributed by atoms with van der Waals surface area (Å²) in [7, 11) is -3.64. The van der Waals surface area contributed by atoms with E-state index in [1.54, 1.807) is 18.2 Å². The molecule has 8 heteroatoms. The first kappa shape index (κ1) is 17.9. The molecule has 0 atom stereocenters. The molecular weight excluding hydrogens is 388 g/mol. The van der Waals surface area contributed by atoms with Gasteiger partial charge in [-0.05, 0) is 42.3 Å². The molecule has 0 aliphatic rings. The third kappa shape index (κ3) is 4.51. The molecule has 3 nitrogen and oxygen atoms in total. The predicted octanol–water partition coefficient (Wildman–Crippen LogP) is 4.82. The average molecular weight is 399 g/mol. The number of hydrogen-bond donors (Lipinski definition) is 1. The van der Waals surface area contributed by atoms with E-state index in [1.165, 1.54) is 18.2 Å². The van der Waals surface area contributed by atoms with E-state index in [1.807, 2.05) is 0 Å². The molecule has 0 amide bonds. The van der Waals surface area contributed by atoms with Crippen molar-refractivity contribution >= 4 is 56.4 Å². The summed E-state index contributed by atoms with van der Waals surface area (Å²) in [5, 5.41) is 1.39. The number of hydrogen-bond acceptors (Lipinski definition) is 2. The van der Waals surface area contributed by atoms with Crippen molar-refractivity contribution in [1.29, 1.82) is 0 Å². The van der Waals surface area contributed by atoms with E-state index in [-0.39, 0.29) is 16.5 Å². The van der Waals surface area contributed by atoms with Crippen LogP contribution in [0.1, 0.15) is 5.56 Å². The van der Waals surface area contributed by atoms with Gasteiger partial charge in [-0.25, -0.2) is 13.1 Å². The lowest BCUT2D eigenvalue weighted by Crippen LogP contribution is -2.26. The number of benzene rings is 2. The normalized spacial score (nSPS) is 11.6. The first-order valence-electron chi connectivity index (χ1n) is 6.18. The van der Waals surface area contributed by atoms with Crippen molar-refractivity contribution < 1.29 is 8.42 Å². The molecule has 0 fully saturated rings. The quantitative estimate of drug-likeness (QED) is 0.784. The van der Waals surface area contributed by atoms with Gasteiger partial charge in [0.2, 0.25) is 10.0 Å². The molecule has 0 unspecified atom stereocenters. The molecule has 0 radical (unpaired) electrons. The Bertz CT molecular complexity index is 793. The zero-order valence-corrected chi connectivity index (χ0v) is 15.0. The Morgan fingerprint density at radius 1 is 0.818 bits per heavy atom. The number of halogens is 4. The van der Waals surface area contributed by atoms with Gasteiger partial charge in [0.05, 0.1) is 25.0 Å². The lowest BCUT2D eigenvalue weighted by Gasteiger charge is -2.08. The number of sulfonamides is 1. The first-order chi connectivity index (χ1) is 10.3. The average Bonchev–Trinajstić information content (AvgIpc) is 2.45. The van der Waals surface area contributed by atoms with E-state index < -0.39 is 10.0 Å². The van der Waals surface area contributed by atoms with Gasteiger partial charge >= 0.3 is 0 Å². The van der Waals surface area contributed by atoms with Gasteiger partial charge in [-0.1, -0.05) is 52.5 Å². The molecule has 0 aliphatic heterocycles. The van der Waals surface area contributed by atoms with Crippen molar-refractivity contribution in [2.45, 2.75) is 11.3 Å². The minimum atomic E-state index is -3.64.